The van der Waals surface area contributed by atoms with Crippen LogP contribution in [0, 0.1) is 10.1 Å². The molecule has 1 unspecified atom stereocenters. The van der Waals surface area contributed by atoms with Crippen molar-refractivity contribution in [1.82, 2.24) is 4.98 Å². The highest BCUT2D eigenvalue weighted by molar-refractivity contribution is 6.29. The van der Waals surface area contributed by atoms with Gasteiger partial charge in [0.1, 0.15) is 11.0 Å². The Morgan fingerprint density at radius 1 is 1.56 bits per heavy atom. The molecule has 1 aliphatic rings. The van der Waals surface area contributed by atoms with Crippen molar-refractivity contribution in [1.29, 1.82) is 0 Å². The van der Waals surface area contributed by atoms with Crippen LogP contribution in [0.5, 0.6) is 0 Å². The van der Waals surface area contributed by atoms with Gasteiger partial charge in [0, 0.05) is 6.54 Å². The van der Waals surface area contributed by atoms with E-state index in [4.69, 9.17) is 21.1 Å². The third kappa shape index (κ3) is 3.52. The van der Waals surface area contributed by atoms with E-state index in [1.165, 1.54) is 12.1 Å². The highest BCUT2D eigenvalue weighted by Gasteiger charge is 2.15. The zero-order valence-corrected chi connectivity index (χ0v) is 10.2. The minimum atomic E-state index is -0.515. The summed E-state index contributed by atoms with van der Waals surface area (Å²) in [5, 5.41) is 13.7. The molecule has 1 aromatic rings. The zero-order valence-electron chi connectivity index (χ0n) is 9.47. The van der Waals surface area contributed by atoms with E-state index < -0.39 is 4.92 Å². The quantitative estimate of drug-likeness (QED) is 0.508. The van der Waals surface area contributed by atoms with E-state index in [1.54, 1.807) is 0 Å². The molecule has 1 N–H and O–H groups in total. The van der Waals surface area contributed by atoms with Crippen LogP contribution in [0.4, 0.5) is 11.5 Å². The smallest absolute Gasteiger partial charge is 0.276 e. The fourth-order valence-electron chi connectivity index (χ4n) is 1.55. The largest absolute Gasteiger partial charge is 0.376 e. The second kappa shape index (κ2) is 5.94. The molecule has 1 aliphatic heterocycles. The number of halogens is 1. The highest BCUT2D eigenvalue weighted by atomic mass is 35.5. The molecule has 0 saturated carbocycles. The van der Waals surface area contributed by atoms with Gasteiger partial charge in [-0.15, -0.1) is 0 Å². The van der Waals surface area contributed by atoms with Crippen molar-refractivity contribution >= 4 is 23.1 Å². The molecule has 8 heteroatoms. The van der Waals surface area contributed by atoms with Gasteiger partial charge in [0.15, 0.2) is 0 Å². The van der Waals surface area contributed by atoms with Gasteiger partial charge < -0.3 is 14.8 Å². The van der Waals surface area contributed by atoms with Crippen molar-refractivity contribution in [3.63, 3.8) is 0 Å². The lowest BCUT2D eigenvalue weighted by Gasteiger charge is -2.23. The first kappa shape index (κ1) is 13.0. The second-order valence-corrected chi connectivity index (χ2v) is 4.13. The molecule has 1 saturated heterocycles. The predicted molar refractivity (Wildman–Crippen MR) is 65.0 cm³/mol. The Morgan fingerprint density at radius 2 is 2.39 bits per heavy atom. The molecule has 1 atom stereocenters. The number of nitrogens with one attached hydrogen (secondary N) is 1. The van der Waals surface area contributed by atoms with Crippen LogP contribution in [0.15, 0.2) is 12.1 Å². The van der Waals surface area contributed by atoms with Crippen LogP contribution in [0.2, 0.25) is 5.15 Å². The van der Waals surface area contributed by atoms with Crippen LogP contribution >= 0.6 is 11.6 Å². The number of hydrogen-bond donors (Lipinski definition) is 1. The van der Waals surface area contributed by atoms with Gasteiger partial charge in [0.2, 0.25) is 0 Å². The van der Waals surface area contributed by atoms with Gasteiger partial charge in [-0.1, -0.05) is 11.6 Å². The lowest BCUT2D eigenvalue weighted by molar-refractivity contribution is -0.384. The Balaban J connectivity index is 1.97. The summed E-state index contributed by atoms with van der Waals surface area (Å²) in [6, 6.07) is 2.53. The standard InChI is InChI=1S/C10H12ClN3O4/c11-9-3-7(14(15)16)4-10(13-9)12-5-8-6-17-1-2-18-8/h3-4,8H,1-2,5-6H2,(H,12,13). The number of rotatable bonds is 4. The lowest BCUT2D eigenvalue weighted by Crippen LogP contribution is -2.34. The van der Waals surface area contributed by atoms with Gasteiger partial charge in [-0.2, -0.15) is 0 Å². The number of ether oxygens (including phenoxy) is 2. The Labute approximate surface area is 108 Å². The van der Waals surface area contributed by atoms with Crippen molar-refractivity contribution in [3.05, 3.63) is 27.4 Å². The molecule has 98 valence electrons. The molecule has 0 aromatic carbocycles. The van der Waals surface area contributed by atoms with Crippen LogP contribution in [-0.2, 0) is 9.47 Å². The molecule has 0 bridgehead atoms. The number of nitro groups is 1. The fraction of sp³-hybridized carbons (Fsp3) is 0.500. The van der Waals surface area contributed by atoms with E-state index in [9.17, 15) is 10.1 Å². The first-order valence-corrected chi connectivity index (χ1v) is 5.78. The van der Waals surface area contributed by atoms with Crippen molar-refractivity contribution in [2.24, 2.45) is 0 Å². The zero-order chi connectivity index (χ0) is 13.0. The first-order chi connectivity index (χ1) is 8.65. The Morgan fingerprint density at radius 3 is 3.06 bits per heavy atom. The molecular weight excluding hydrogens is 262 g/mol. The third-order valence-electron chi connectivity index (χ3n) is 2.39. The molecule has 0 spiro atoms. The molecule has 0 amide bonds. The molecular formula is C10H12ClN3O4. The van der Waals surface area contributed by atoms with Gasteiger partial charge in [-0.25, -0.2) is 4.98 Å². The average molecular weight is 274 g/mol. The number of pyridine rings is 1. The van der Waals surface area contributed by atoms with Gasteiger partial charge in [0.25, 0.3) is 5.69 Å². The van der Waals surface area contributed by atoms with E-state index >= 15 is 0 Å². The number of nitrogens with zero attached hydrogens (tertiary/aromatic N) is 2. The van der Waals surface area contributed by atoms with E-state index in [2.05, 4.69) is 10.3 Å². The monoisotopic (exact) mass is 273 g/mol. The van der Waals surface area contributed by atoms with Crippen molar-refractivity contribution < 1.29 is 14.4 Å². The van der Waals surface area contributed by atoms with E-state index in [0.717, 1.165) is 0 Å². The normalized spacial score (nSPS) is 19.5. The summed E-state index contributed by atoms with van der Waals surface area (Å²) in [7, 11) is 0. The lowest BCUT2D eigenvalue weighted by atomic mass is 10.3. The fourth-order valence-corrected chi connectivity index (χ4v) is 1.76. The summed E-state index contributed by atoms with van der Waals surface area (Å²) in [5.41, 5.74) is -0.0988. The highest BCUT2D eigenvalue weighted by Crippen LogP contribution is 2.20. The maximum Gasteiger partial charge on any atom is 0.276 e. The summed E-state index contributed by atoms with van der Waals surface area (Å²) < 4.78 is 10.7. The SMILES string of the molecule is O=[N+]([O-])c1cc(Cl)nc(NCC2COCCO2)c1. The van der Waals surface area contributed by atoms with Crippen LogP contribution in [0.1, 0.15) is 0 Å². The van der Waals surface area contributed by atoms with Crippen LogP contribution < -0.4 is 5.32 Å². The Kier molecular flexibility index (Phi) is 4.29. The van der Waals surface area contributed by atoms with Gasteiger partial charge >= 0.3 is 0 Å². The summed E-state index contributed by atoms with van der Waals surface area (Å²) in [6.45, 7) is 2.10. The summed E-state index contributed by atoms with van der Waals surface area (Å²) >= 11 is 5.70. The summed E-state index contributed by atoms with van der Waals surface area (Å²) in [6.07, 6.45) is -0.0846. The minimum absolute atomic E-state index is 0.0764. The van der Waals surface area contributed by atoms with Crippen molar-refractivity contribution in [3.8, 4) is 0 Å². The third-order valence-corrected chi connectivity index (χ3v) is 2.58. The molecule has 18 heavy (non-hydrogen) atoms. The Bertz CT molecular complexity index is 437. The number of aromatic nitrogens is 1. The maximum atomic E-state index is 10.7. The minimum Gasteiger partial charge on any atom is -0.376 e. The summed E-state index contributed by atoms with van der Waals surface area (Å²) in [4.78, 5) is 14.1. The molecule has 2 heterocycles. The van der Waals surface area contributed by atoms with Gasteiger partial charge in [0.05, 0.1) is 43.0 Å². The van der Waals surface area contributed by atoms with Crippen LogP contribution in [0.25, 0.3) is 0 Å². The topological polar surface area (TPSA) is 86.5 Å². The van der Waals surface area contributed by atoms with E-state index in [0.29, 0.717) is 32.2 Å². The van der Waals surface area contributed by atoms with E-state index in [1.807, 2.05) is 0 Å². The first-order valence-electron chi connectivity index (χ1n) is 5.40. The predicted octanol–water partition coefficient (Wildman–Crippen LogP) is 1.47. The van der Waals surface area contributed by atoms with Crippen LogP contribution in [-0.4, -0.2) is 42.4 Å². The average Bonchev–Trinajstić information content (AvgIpc) is 2.37. The summed E-state index contributed by atoms with van der Waals surface area (Å²) in [5.74, 6) is 0.350. The van der Waals surface area contributed by atoms with E-state index in [-0.39, 0.29) is 16.9 Å². The van der Waals surface area contributed by atoms with Crippen molar-refractivity contribution in [2.75, 3.05) is 31.7 Å². The number of anilines is 1. The van der Waals surface area contributed by atoms with Crippen LogP contribution in [0.3, 0.4) is 0 Å². The van der Waals surface area contributed by atoms with Gasteiger partial charge in [-0.3, -0.25) is 10.1 Å². The number of hydrogen-bond acceptors (Lipinski definition) is 6. The molecule has 7 nitrogen and oxygen atoms in total. The molecule has 2 rings (SSSR count). The van der Waals surface area contributed by atoms with Crippen molar-refractivity contribution in [2.45, 2.75) is 6.10 Å². The molecule has 0 radical (unpaired) electrons. The Hall–Kier alpha value is -1.44. The molecule has 1 aromatic heterocycles. The second-order valence-electron chi connectivity index (χ2n) is 3.74. The maximum absolute atomic E-state index is 10.7. The molecule has 1 fully saturated rings. The van der Waals surface area contributed by atoms with Gasteiger partial charge in [-0.05, 0) is 0 Å². The molecule has 0 aliphatic carbocycles.